The number of nitriles is 1. The highest BCUT2D eigenvalue weighted by molar-refractivity contribution is 7.14. The Morgan fingerprint density at radius 3 is 2.88 bits per heavy atom. The van der Waals surface area contributed by atoms with E-state index in [2.05, 4.69) is 48.5 Å². The van der Waals surface area contributed by atoms with Gasteiger partial charge in [-0.1, -0.05) is 12.8 Å². The number of nitrogens with one attached hydrogen (secondary N) is 2. The molecular formula is C24H34N8OS. The number of anilines is 2. The summed E-state index contributed by atoms with van der Waals surface area (Å²) in [5.41, 5.74) is 1.40. The van der Waals surface area contributed by atoms with Gasteiger partial charge in [0.25, 0.3) is 5.91 Å². The lowest BCUT2D eigenvalue weighted by Gasteiger charge is -2.30. The van der Waals surface area contributed by atoms with Crippen LogP contribution in [0.1, 0.15) is 66.4 Å². The molecule has 1 saturated carbocycles. The fourth-order valence-electron chi connectivity index (χ4n) is 4.91. The molecule has 2 aromatic heterocycles. The number of amides is 1. The summed E-state index contributed by atoms with van der Waals surface area (Å²) in [5.74, 6) is 1.51. The maximum atomic E-state index is 12.5. The Kier molecular flexibility index (Phi) is 8.43. The molecule has 0 aromatic carbocycles. The molecule has 2 N–H and O–H groups in total. The van der Waals surface area contributed by atoms with E-state index >= 15 is 0 Å². The number of aromatic nitrogens is 3. The number of aryl methyl sites for hydroxylation is 1. The molecular weight excluding hydrogens is 448 g/mol. The Morgan fingerprint density at radius 1 is 1.26 bits per heavy atom. The number of carbonyl (C=O) groups excluding carboxylic acids is 1. The molecule has 2 aromatic rings. The molecule has 9 nitrogen and oxygen atoms in total. The number of likely N-dealkylation sites (N-methyl/N-ethyl adjacent to an activating group) is 1. The number of hydrogen-bond acceptors (Lipinski definition) is 9. The molecule has 0 spiro atoms. The summed E-state index contributed by atoms with van der Waals surface area (Å²) in [5, 5.41) is 17.7. The minimum atomic E-state index is -0.150. The van der Waals surface area contributed by atoms with Gasteiger partial charge in [-0.15, -0.1) is 11.3 Å². The average molecular weight is 483 g/mol. The van der Waals surface area contributed by atoms with E-state index in [0.717, 1.165) is 38.2 Å². The Bertz CT molecular complexity index is 1010. The van der Waals surface area contributed by atoms with Gasteiger partial charge in [-0.3, -0.25) is 9.69 Å². The summed E-state index contributed by atoms with van der Waals surface area (Å²) in [4.78, 5) is 30.7. The Morgan fingerprint density at radius 2 is 2.09 bits per heavy atom. The lowest BCUT2D eigenvalue weighted by atomic mass is 9.94. The second-order valence-corrected chi connectivity index (χ2v) is 10.2. The number of hydrogen-bond donors (Lipinski definition) is 2. The van der Waals surface area contributed by atoms with Gasteiger partial charge in [0.15, 0.2) is 5.13 Å². The number of rotatable bonds is 9. The van der Waals surface area contributed by atoms with Crippen LogP contribution in [0.5, 0.6) is 0 Å². The Labute approximate surface area is 205 Å². The van der Waals surface area contributed by atoms with Gasteiger partial charge < -0.3 is 15.5 Å². The van der Waals surface area contributed by atoms with Gasteiger partial charge in [0.2, 0.25) is 0 Å². The van der Waals surface area contributed by atoms with Crippen LogP contribution in [0.4, 0.5) is 10.9 Å². The molecule has 2 aliphatic rings. The summed E-state index contributed by atoms with van der Waals surface area (Å²) in [6, 6.07) is 4.86. The van der Waals surface area contributed by atoms with E-state index in [1.165, 1.54) is 37.0 Å². The van der Waals surface area contributed by atoms with Gasteiger partial charge in [-0.25, -0.2) is 15.0 Å². The third-order valence-electron chi connectivity index (χ3n) is 6.75. The van der Waals surface area contributed by atoms with Crippen molar-refractivity contribution in [3.05, 3.63) is 28.7 Å². The maximum absolute atomic E-state index is 12.5. The minimum Gasteiger partial charge on any atom is -0.349 e. The normalized spacial score (nSPS) is 19.3. The highest BCUT2D eigenvalue weighted by Crippen LogP contribution is 2.28. The van der Waals surface area contributed by atoms with Gasteiger partial charge in [-0.05, 0) is 46.2 Å². The van der Waals surface area contributed by atoms with Crippen molar-refractivity contribution in [2.45, 2.75) is 57.4 Å². The molecule has 3 heterocycles. The van der Waals surface area contributed by atoms with Gasteiger partial charge in [-0.2, -0.15) is 5.26 Å². The van der Waals surface area contributed by atoms with E-state index in [1.54, 1.807) is 5.38 Å². The van der Waals surface area contributed by atoms with Crippen LogP contribution in [-0.4, -0.2) is 76.5 Å². The molecule has 4 rings (SSSR count). The highest BCUT2D eigenvalue weighted by atomic mass is 32.1. The van der Waals surface area contributed by atoms with E-state index in [-0.39, 0.29) is 11.8 Å². The van der Waals surface area contributed by atoms with Crippen LogP contribution in [0.3, 0.4) is 0 Å². The Balaban J connectivity index is 1.32. The molecule has 2 fully saturated rings. The highest BCUT2D eigenvalue weighted by Gasteiger charge is 2.23. The smallest absolute Gasteiger partial charge is 0.270 e. The topological polar surface area (TPSA) is 110 Å². The quantitative estimate of drug-likeness (QED) is 0.524. The van der Waals surface area contributed by atoms with Crippen molar-refractivity contribution in [2.75, 3.05) is 45.1 Å². The summed E-state index contributed by atoms with van der Waals surface area (Å²) >= 11 is 1.39. The average Bonchev–Trinajstić information content (AvgIpc) is 3.52. The van der Waals surface area contributed by atoms with Gasteiger partial charge in [0, 0.05) is 43.0 Å². The summed E-state index contributed by atoms with van der Waals surface area (Å²) in [6.07, 6.45) is 7.24. The van der Waals surface area contributed by atoms with Crippen LogP contribution in [0.25, 0.3) is 0 Å². The van der Waals surface area contributed by atoms with Crippen LogP contribution in [0.2, 0.25) is 0 Å². The van der Waals surface area contributed by atoms with E-state index in [4.69, 9.17) is 5.26 Å². The monoisotopic (exact) mass is 482 g/mol. The van der Waals surface area contributed by atoms with Gasteiger partial charge >= 0.3 is 0 Å². The SMILES string of the molecule is Cc1nc(Nc2nc(C(=O)NCCN(C)C3CCCC3)cs2)cc([C@H]2CCCN(CC#N)C2)n1. The van der Waals surface area contributed by atoms with Crippen molar-refractivity contribution in [2.24, 2.45) is 0 Å². The zero-order valence-electron chi connectivity index (χ0n) is 20.1. The van der Waals surface area contributed by atoms with Crippen LogP contribution in [0.15, 0.2) is 11.4 Å². The first-order chi connectivity index (χ1) is 16.5. The summed E-state index contributed by atoms with van der Waals surface area (Å²) in [6.45, 7) is 5.59. The molecule has 1 aliphatic heterocycles. The molecule has 34 heavy (non-hydrogen) atoms. The van der Waals surface area contributed by atoms with Crippen LogP contribution in [-0.2, 0) is 0 Å². The molecule has 1 aliphatic carbocycles. The van der Waals surface area contributed by atoms with Gasteiger partial charge in [0.1, 0.15) is 17.3 Å². The first kappa shape index (κ1) is 24.5. The van der Waals surface area contributed by atoms with E-state index in [1.807, 2.05) is 13.0 Å². The van der Waals surface area contributed by atoms with Gasteiger partial charge in [0.05, 0.1) is 18.3 Å². The number of piperidine rings is 1. The fourth-order valence-corrected chi connectivity index (χ4v) is 5.61. The predicted octanol–water partition coefficient (Wildman–Crippen LogP) is 3.29. The van der Waals surface area contributed by atoms with E-state index in [0.29, 0.717) is 41.6 Å². The molecule has 0 unspecified atom stereocenters. The Hall–Kier alpha value is -2.61. The molecule has 1 atom stereocenters. The van der Waals surface area contributed by atoms with E-state index < -0.39 is 0 Å². The number of thiazole rings is 1. The standard InChI is InChI=1S/C24H34N8OS/c1-17-27-20(18-6-5-11-32(15-18)12-9-25)14-22(28-17)30-24-29-21(16-34-24)23(33)26-10-13-31(2)19-7-3-4-8-19/h14,16,18-19H,3-8,10-13,15H2,1-2H3,(H,26,33)(H,27,28,29,30)/t18-/m0/s1. The number of likely N-dealkylation sites (tertiary alicyclic amines) is 1. The van der Waals surface area contributed by atoms with Crippen molar-refractivity contribution in [3.8, 4) is 6.07 Å². The largest absolute Gasteiger partial charge is 0.349 e. The lowest BCUT2D eigenvalue weighted by Crippen LogP contribution is -2.37. The second-order valence-electron chi connectivity index (χ2n) is 9.30. The van der Waals surface area contributed by atoms with Crippen LogP contribution < -0.4 is 10.6 Å². The van der Waals surface area contributed by atoms with Crippen molar-refractivity contribution in [1.29, 1.82) is 5.26 Å². The summed E-state index contributed by atoms with van der Waals surface area (Å²) < 4.78 is 0. The molecule has 10 heteroatoms. The van der Waals surface area contributed by atoms with Crippen LogP contribution >= 0.6 is 11.3 Å². The second kappa shape index (κ2) is 11.7. The first-order valence-corrected chi connectivity index (χ1v) is 13.1. The molecule has 182 valence electrons. The first-order valence-electron chi connectivity index (χ1n) is 12.2. The zero-order chi connectivity index (χ0) is 23.9. The summed E-state index contributed by atoms with van der Waals surface area (Å²) in [7, 11) is 2.14. The predicted molar refractivity (Wildman–Crippen MR) is 133 cm³/mol. The van der Waals surface area contributed by atoms with Crippen LogP contribution in [0, 0.1) is 18.3 Å². The lowest BCUT2D eigenvalue weighted by molar-refractivity contribution is 0.0943. The van der Waals surface area contributed by atoms with Crippen molar-refractivity contribution in [1.82, 2.24) is 30.1 Å². The molecule has 0 bridgehead atoms. The molecule has 0 radical (unpaired) electrons. The van der Waals surface area contributed by atoms with Crippen molar-refractivity contribution < 1.29 is 4.79 Å². The van der Waals surface area contributed by atoms with E-state index in [9.17, 15) is 4.79 Å². The van der Waals surface area contributed by atoms with Crippen molar-refractivity contribution in [3.63, 3.8) is 0 Å². The third kappa shape index (κ3) is 6.50. The number of carbonyl (C=O) groups is 1. The maximum Gasteiger partial charge on any atom is 0.270 e. The number of nitrogens with zero attached hydrogens (tertiary/aromatic N) is 6. The van der Waals surface area contributed by atoms with Crippen molar-refractivity contribution >= 4 is 28.2 Å². The zero-order valence-corrected chi connectivity index (χ0v) is 20.9. The molecule has 1 amide bonds. The fraction of sp³-hybridized carbons (Fsp3) is 0.625. The molecule has 1 saturated heterocycles. The minimum absolute atomic E-state index is 0.150. The third-order valence-corrected chi connectivity index (χ3v) is 7.50.